The zero-order chi connectivity index (χ0) is 17.7. The van der Waals surface area contributed by atoms with E-state index in [4.69, 9.17) is 9.47 Å². The first kappa shape index (κ1) is 18.8. The fourth-order valence-electron chi connectivity index (χ4n) is 2.51. The number of halogens is 1. The first-order chi connectivity index (χ1) is 11.5. The van der Waals surface area contributed by atoms with Crippen molar-refractivity contribution in [3.8, 4) is 11.5 Å². The molecule has 0 spiro atoms. The van der Waals surface area contributed by atoms with Crippen LogP contribution in [-0.4, -0.2) is 5.97 Å². The van der Waals surface area contributed by atoms with Gasteiger partial charge in [-0.3, -0.25) is 4.79 Å². The first-order valence-electron chi connectivity index (χ1n) is 8.17. The molecule has 0 bridgehead atoms. The van der Waals surface area contributed by atoms with Crippen LogP contribution in [-0.2, 0) is 17.8 Å². The molecule has 0 unspecified atom stereocenters. The van der Waals surface area contributed by atoms with Crippen molar-refractivity contribution in [3.63, 3.8) is 0 Å². The fourth-order valence-corrected chi connectivity index (χ4v) is 3.13. The summed E-state index contributed by atoms with van der Waals surface area (Å²) in [6.07, 6.45) is 1.36. The highest BCUT2D eigenvalue weighted by Crippen LogP contribution is 2.28. The lowest BCUT2D eigenvalue weighted by Crippen LogP contribution is -2.10. The SMILES string of the molecule is CCC(=O)Oc1cccc(I)c1COc1cc(C)c(CC)cc1C. The van der Waals surface area contributed by atoms with Crippen molar-refractivity contribution in [3.05, 3.63) is 56.2 Å². The minimum absolute atomic E-state index is 0.238. The Morgan fingerprint density at radius 2 is 1.83 bits per heavy atom. The lowest BCUT2D eigenvalue weighted by Gasteiger charge is -2.15. The van der Waals surface area contributed by atoms with E-state index in [2.05, 4.69) is 55.5 Å². The molecule has 0 N–H and O–H groups in total. The summed E-state index contributed by atoms with van der Waals surface area (Å²) in [6.45, 7) is 8.47. The second-order valence-electron chi connectivity index (χ2n) is 5.73. The minimum atomic E-state index is -0.238. The van der Waals surface area contributed by atoms with Crippen LogP contribution >= 0.6 is 22.6 Å². The lowest BCUT2D eigenvalue weighted by atomic mass is 10.0. The first-order valence-corrected chi connectivity index (χ1v) is 9.25. The zero-order valence-electron chi connectivity index (χ0n) is 14.6. The van der Waals surface area contributed by atoms with E-state index in [0.29, 0.717) is 18.8 Å². The number of ether oxygens (including phenoxy) is 2. The van der Waals surface area contributed by atoms with Crippen LogP contribution in [0.4, 0.5) is 0 Å². The summed E-state index contributed by atoms with van der Waals surface area (Å²) >= 11 is 2.24. The van der Waals surface area contributed by atoms with Gasteiger partial charge in [0.2, 0.25) is 0 Å². The van der Waals surface area contributed by atoms with Gasteiger partial charge in [-0.1, -0.05) is 26.0 Å². The van der Waals surface area contributed by atoms with Crippen molar-refractivity contribution in [2.75, 3.05) is 0 Å². The molecule has 0 amide bonds. The van der Waals surface area contributed by atoms with Gasteiger partial charge in [-0.2, -0.15) is 0 Å². The predicted octanol–water partition coefficient (Wildman–Crippen LogP) is 5.36. The molecule has 4 heteroatoms. The van der Waals surface area contributed by atoms with Crippen molar-refractivity contribution in [2.24, 2.45) is 0 Å². The van der Waals surface area contributed by atoms with Crippen molar-refractivity contribution < 1.29 is 14.3 Å². The van der Waals surface area contributed by atoms with E-state index in [1.807, 2.05) is 18.2 Å². The number of hydrogen-bond acceptors (Lipinski definition) is 3. The second kappa shape index (κ2) is 8.51. The summed E-state index contributed by atoms with van der Waals surface area (Å²) < 4.78 is 12.5. The number of rotatable bonds is 6. The fraction of sp³-hybridized carbons (Fsp3) is 0.350. The Labute approximate surface area is 157 Å². The van der Waals surface area contributed by atoms with Gasteiger partial charge in [-0.25, -0.2) is 0 Å². The zero-order valence-corrected chi connectivity index (χ0v) is 16.8. The van der Waals surface area contributed by atoms with E-state index in [9.17, 15) is 4.79 Å². The topological polar surface area (TPSA) is 35.5 Å². The molecule has 3 nitrogen and oxygen atoms in total. The van der Waals surface area contributed by atoms with E-state index in [0.717, 1.165) is 26.9 Å². The summed E-state index contributed by atoms with van der Waals surface area (Å²) in [6, 6.07) is 9.95. The molecular weight excluding hydrogens is 415 g/mol. The molecule has 0 aromatic heterocycles. The monoisotopic (exact) mass is 438 g/mol. The van der Waals surface area contributed by atoms with Crippen molar-refractivity contribution >= 4 is 28.6 Å². The Balaban J connectivity index is 2.23. The molecule has 128 valence electrons. The molecule has 0 saturated heterocycles. The standard InChI is InChI=1S/C20H23IO3/c1-5-15-10-14(4)19(11-13(15)3)23-12-16-17(21)8-7-9-18(16)24-20(22)6-2/h7-11H,5-6,12H2,1-4H3. The Bertz CT molecular complexity index is 738. The van der Waals surface area contributed by atoms with Crippen molar-refractivity contribution in [1.82, 2.24) is 0 Å². The Morgan fingerprint density at radius 3 is 2.50 bits per heavy atom. The van der Waals surface area contributed by atoms with Crippen molar-refractivity contribution in [2.45, 2.75) is 47.1 Å². The highest BCUT2D eigenvalue weighted by Gasteiger charge is 2.13. The molecule has 0 fully saturated rings. The summed E-state index contributed by atoms with van der Waals surface area (Å²) in [7, 11) is 0. The predicted molar refractivity (Wildman–Crippen MR) is 105 cm³/mol. The normalized spacial score (nSPS) is 10.5. The van der Waals surface area contributed by atoms with E-state index in [1.54, 1.807) is 6.92 Å². The van der Waals surface area contributed by atoms with E-state index >= 15 is 0 Å². The molecule has 0 heterocycles. The van der Waals surface area contributed by atoms with Gasteiger partial charge in [-0.05, 0) is 77.7 Å². The Kier molecular flexibility index (Phi) is 6.66. The van der Waals surface area contributed by atoms with Crippen molar-refractivity contribution in [1.29, 1.82) is 0 Å². The average molecular weight is 438 g/mol. The number of hydrogen-bond donors (Lipinski definition) is 0. The van der Waals surface area contributed by atoms with Crippen LogP contribution in [0.3, 0.4) is 0 Å². The van der Waals surface area contributed by atoms with E-state index < -0.39 is 0 Å². The number of carbonyl (C=O) groups is 1. The maximum absolute atomic E-state index is 11.6. The summed E-state index contributed by atoms with van der Waals surface area (Å²) in [5, 5.41) is 0. The van der Waals surface area contributed by atoms with E-state index in [-0.39, 0.29) is 5.97 Å². The van der Waals surface area contributed by atoms with Crippen LogP contribution < -0.4 is 9.47 Å². The van der Waals surface area contributed by atoms with Gasteiger partial charge < -0.3 is 9.47 Å². The van der Waals surface area contributed by atoms with Gasteiger partial charge in [0.1, 0.15) is 18.1 Å². The molecule has 0 aliphatic rings. The molecular formula is C20H23IO3. The average Bonchev–Trinajstić information content (AvgIpc) is 2.56. The minimum Gasteiger partial charge on any atom is -0.488 e. The van der Waals surface area contributed by atoms with Gasteiger partial charge in [-0.15, -0.1) is 0 Å². The van der Waals surface area contributed by atoms with Gasteiger partial charge in [0, 0.05) is 15.6 Å². The third kappa shape index (κ3) is 4.50. The molecule has 0 radical (unpaired) electrons. The third-order valence-electron chi connectivity index (χ3n) is 3.97. The van der Waals surface area contributed by atoms with Crippen LogP contribution in [0.25, 0.3) is 0 Å². The number of aryl methyl sites for hydroxylation is 3. The maximum Gasteiger partial charge on any atom is 0.310 e. The molecule has 24 heavy (non-hydrogen) atoms. The van der Waals surface area contributed by atoms with Crippen LogP contribution in [0.1, 0.15) is 42.5 Å². The van der Waals surface area contributed by atoms with Gasteiger partial charge in [0.05, 0.1) is 0 Å². The lowest BCUT2D eigenvalue weighted by molar-refractivity contribution is -0.134. The number of carbonyl (C=O) groups excluding carboxylic acids is 1. The maximum atomic E-state index is 11.6. The van der Waals surface area contributed by atoms with Gasteiger partial charge in [0.15, 0.2) is 0 Å². The number of benzene rings is 2. The summed E-state index contributed by atoms with van der Waals surface area (Å²) in [4.78, 5) is 11.6. The van der Waals surface area contributed by atoms with Crippen LogP contribution in [0.15, 0.2) is 30.3 Å². The smallest absolute Gasteiger partial charge is 0.310 e. The molecule has 2 aromatic carbocycles. The molecule has 0 atom stereocenters. The van der Waals surface area contributed by atoms with Gasteiger partial charge in [0.25, 0.3) is 0 Å². The van der Waals surface area contributed by atoms with E-state index in [1.165, 1.54) is 11.1 Å². The van der Waals surface area contributed by atoms with Crippen LogP contribution in [0.5, 0.6) is 11.5 Å². The van der Waals surface area contributed by atoms with Gasteiger partial charge >= 0.3 is 5.97 Å². The molecule has 2 aromatic rings. The summed E-state index contributed by atoms with van der Waals surface area (Å²) in [5.41, 5.74) is 4.59. The molecule has 2 rings (SSSR count). The third-order valence-corrected chi connectivity index (χ3v) is 4.99. The largest absolute Gasteiger partial charge is 0.488 e. The quantitative estimate of drug-likeness (QED) is 0.346. The summed E-state index contributed by atoms with van der Waals surface area (Å²) in [5.74, 6) is 1.21. The molecule has 0 aliphatic carbocycles. The Hall–Kier alpha value is -1.56. The molecule has 0 aliphatic heterocycles. The highest BCUT2D eigenvalue weighted by atomic mass is 127. The van der Waals surface area contributed by atoms with Crippen LogP contribution in [0.2, 0.25) is 0 Å². The second-order valence-corrected chi connectivity index (χ2v) is 6.89. The highest BCUT2D eigenvalue weighted by molar-refractivity contribution is 14.1. The van der Waals surface area contributed by atoms with Crippen LogP contribution in [0, 0.1) is 17.4 Å². The molecule has 0 saturated carbocycles. The Morgan fingerprint density at radius 1 is 1.08 bits per heavy atom. The number of esters is 1.